The Labute approximate surface area is 72.9 Å². The molecule has 0 aliphatic carbocycles. The molecular formula is C9H20OSi. The molecule has 1 atom stereocenters. The smallest absolute Gasteiger partial charge is 0.0532 e. The third-order valence-corrected chi connectivity index (χ3v) is 5.34. The van der Waals surface area contributed by atoms with Crippen LogP contribution >= 0.6 is 0 Å². The summed E-state index contributed by atoms with van der Waals surface area (Å²) in [5.41, 5.74) is 0.347. The van der Waals surface area contributed by atoms with Gasteiger partial charge in [-0.05, 0) is 24.7 Å². The van der Waals surface area contributed by atoms with E-state index in [0.717, 1.165) is 6.61 Å². The number of hydrogen-bond acceptors (Lipinski definition) is 1. The van der Waals surface area contributed by atoms with E-state index in [1.54, 1.807) is 0 Å². The Kier molecular flexibility index (Phi) is 2.45. The molecule has 66 valence electrons. The van der Waals surface area contributed by atoms with E-state index in [-0.39, 0.29) is 5.22 Å². The third kappa shape index (κ3) is 1.85. The average Bonchev–Trinajstić information content (AvgIpc) is 1.87. The van der Waals surface area contributed by atoms with E-state index in [1.807, 2.05) is 0 Å². The minimum atomic E-state index is 0.255. The highest BCUT2D eigenvalue weighted by Gasteiger charge is 2.39. The van der Waals surface area contributed by atoms with Gasteiger partial charge < -0.3 is 4.74 Å². The van der Waals surface area contributed by atoms with Gasteiger partial charge in [-0.25, -0.2) is 0 Å². The minimum absolute atomic E-state index is 0.255. The van der Waals surface area contributed by atoms with E-state index >= 15 is 0 Å². The van der Waals surface area contributed by atoms with Gasteiger partial charge >= 0.3 is 0 Å². The standard InChI is InChI=1S/C9H20OSi/c1-8(2,3)9(11)6-4-5-7-10-9/h4-7H2,1-3,11H3. The molecule has 0 N–H and O–H groups in total. The van der Waals surface area contributed by atoms with E-state index in [4.69, 9.17) is 4.74 Å². The minimum Gasteiger partial charge on any atom is -0.379 e. The maximum absolute atomic E-state index is 5.89. The molecule has 0 aromatic rings. The van der Waals surface area contributed by atoms with Crippen molar-refractivity contribution in [2.75, 3.05) is 6.61 Å². The predicted molar refractivity (Wildman–Crippen MR) is 51.9 cm³/mol. The molecule has 0 aromatic heterocycles. The van der Waals surface area contributed by atoms with Gasteiger partial charge in [-0.2, -0.15) is 0 Å². The number of ether oxygens (including phenoxy) is 1. The SMILES string of the molecule is CC(C)(C)C1([SiH3])CCCCO1. The highest BCUT2D eigenvalue weighted by Crippen LogP contribution is 2.37. The van der Waals surface area contributed by atoms with Crippen molar-refractivity contribution >= 4 is 10.2 Å². The summed E-state index contributed by atoms with van der Waals surface area (Å²) in [6.45, 7) is 7.88. The fourth-order valence-corrected chi connectivity index (χ4v) is 2.08. The Morgan fingerprint density at radius 3 is 2.18 bits per heavy atom. The highest BCUT2D eigenvalue weighted by molar-refractivity contribution is 6.15. The second kappa shape index (κ2) is 2.90. The van der Waals surface area contributed by atoms with Crippen molar-refractivity contribution in [1.29, 1.82) is 0 Å². The van der Waals surface area contributed by atoms with Crippen LogP contribution in [0.1, 0.15) is 40.0 Å². The van der Waals surface area contributed by atoms with Crippen LogP contribution in [0.2, 0.25) is 0 Å². The molecule has 1 fully saturated rings. The molecular weight excluding hydrogens is 152 g/mol. The van der Waals surface area contributed by atoms with Crippen molar-refractivity contribution < 1.29 is 4.74 Å². The summed E-state index contributed by atoms with van der Waals surface area (Å²) in [5, 5.41) is 0.255. The number of rotatable bonds is 0. The molecule has 1 rings (SSSR count). The Bertz CT molecular complexity index is 131. The molecule has 0 saturated carbocycles. The lowest BCUT2D eigenvalue weighted by molar-refractivity contribution is -0.0826. The van der Waals surface area contributed by atoms with Gasteiger partial charge in [0.2, 0.25) is 0 Å². The van der Waals surface area contributed by atoms with Crippen LogP contribution in [-0.4, -0.2) is 22.1 Å². The van der Waals surface area contributed by atoms with E-state index in [9.17, 15) is 0 Å². The fraction of sp³-hybridized carbons (Fsp3) is 1.00. The Morgan fingerprint density at radius 1 is 1.27 bits per heavy atom. The molecule has 0 amide bonds. The zero-order valence-corrected chi connectivity index (χ0v) is 10.2. The average molecular weight is 172 g/mol. The van der Waals surface area contributed by atoms with Crippen LogP contribution < -0.4 is 0 Å². The van der Waals surface area contributed by atoms with Gasteiger partial charge in [0.25, 0.3) is 0 Å². The van der Waals surface area contributed by atoms with E-state index in [1.165, 1.54) is 29.5 Å². The number of hydrogen-bond donors (Lipinski definition) is 0. The molecule has 1 nitrogen and oxygen atoms in total. The van der Waals surface area contributed by atoms with Gasteiger partial charge in [0.05, 0.1) is 5.22 Å². The zero-order chi connectivity index (χ0) is 8.54. The molecule has 1 saturated heterocycles. The van der Waals surface area contributed by atoms with Crippen LogP contribution in [0.15, 0.2) is 0 Å². The molecule has 11 heavy (non-hydrogen) atoms. The van der Waals surface area contributed by atoms with Crippen molar-refractivity contribution in [2.45, 2.75) is 45.3 Å². The highest BCUT2D eigenvalue weighted by atomic mass is 28.1. The topological polar surface area (TPSA) is 9.23 Å². The third-order valence-electron chi connectivity index (χ3n) is 3.06. The van der Waals surface area contributed by atoms with Crippen LogP contribution in [0.4, 0.5) is 0 Å². The van der Waals surface area contributed by atoms with Gasteiger partial charge in [-0.1, -0.05) is 20.8 Å². The second-order valence-electron chi connectivity index (χ2n) is 4.79. The lowest BCUT2D eigenvalue weighted by Crippen LogP contribution is -2.48. The molecule has 2 heteroatoms. The maximum atomic E-state index is 5.89. The zero-order valence-electron chi connectivity index (χ0n) is 8.24. The van der Waals surface area contributed by atoms with E-state index < -0.39 is 0 Å². The van der Waals surface area contributed by atoms with Crippen LogP contribution in [0.5, 0.6) is 0 Å². The summed E-state index contributed by atoms with van der Waals surface area (Å²) in [4.78, 5) is 0. The van der Waals surface area contributed by atoms with Crippen molar-refractivity contribution in [3.63, 3.8) is 0 Å². The normalized spacial score (nSPS) is 34.1. The van der Waals surface area contributed by atoms with Crippen LogP contribution in [0, 0.1) is 5.41 Å². The second-order valence-corrected chi connectivity index (χ2v) is 6.40. The largest absolute Gasteiger partial charge is 0.379 e. The molecule has 1 heterocycles. The fourth-order valence-electron chi connectivity index (χ4n) is 1.53. The predicted octanol–water partition coefficient (Wildman–Crippen LogP) is 1.29. The summed E-state index contributed by atoms with van der Waals surface area (Å²) >= 11 is 0. The summed E-state index contributed by atoms with van der Waals surface area (Å²) in [6.07, 6.45) is 3.91. The Hall–Kier alpha value is 0.177. The lowest BCUT2D eigenvalue weighted by Gasteiger charge is -2.44. The van der Waals surface area contributed by atoms with Crippen LogP contribution in [-0.2, 0) is 4.74 Å². The summed E-state index contributed by atoms with van der Waals surface area (Å²) in [6, 6.07) is 0. The van der Waals surface area contributed by atoms with Gasteiger partial charge in [0.15, 0.2) is 0 Å². The molecule has 1 unspecified atom stereocenters. The molecule has 0 aromatic carbocycles. The quantitative estimate of drug-likeness (QED) is 0.500. The van der Waals surface area contributed by atoms with Crippen molar-refractivity contribution in [3.05, 3.63) is 0 Å². The first-order valence-electron chi connectivity index (χ1n) is 4.60. The first-order valence-corrected chi connectivity index (χ1v) is 5.60. The first kappa shape index (κ1) is 9.27. The van der Waals surface area contributed by atoms with Gasteiger partial charge in [-0.15, -0.1) is 0 Å². The monoisotopic (exact) mass is 172 g/mol. The summed E-state index contributed by atoms with van der Waals surface area (Å²) in [5.74, 6) is 0. The Balaban J connectivity index is 2.64. The molecule has 1 aliphatic heterocycles. The van der Waals surface area contributed by atoms with Gasteiger partial charge in [0, 0.05) is 16.8 Å². The molecule has 0 bridgehead atoms. The van der Waals surface area contributed by atoms with Crippen LogP contribution in [0.25, 0.3) is 0 Å². The Morgan fingerprint density at radius 2 is 1.91 bits per heavy atom. The molecule has 1 aliphatic rings. The first-order chi connectivity index (χ1) is 4.96. The molecule has 0 spiro atoms. The van der Waals surface area contributed by atoms with Crippen LogP contribution in [0.3, 0.4) is 0 Å². The van der Waals surface area contributed by atoms with Gasteiger partial charge in [-0.3, -0.25) is 0 Å². The maximum Gasteiger partial charge on any atom is 0.0532 e. The molecule has 0 radical (unpaired) electrons. The van der Waals surface area contributed by atoms with Crippen molar-refractivity contribution in [3.8, 4) is 0 Å². The lowest BCUT2D eigenvalue weighted by atomic mass is 9.84. The van der Waals surface area contributed by atoms with Crippen molar-refractivity contribution in [1.82, 2.24) is 0 Å². The van der Waals surface area contributed by atoms with Crippen molar-refractivity contribution in [2.24, 2.45) is 5.41 Å². The van der Waals surface area contributed by atoms with E-state index in [0.29, 0.717) is 5.41 Å². The van der Waals surface area contributed by atoms with E-state index in [2.05, 4.69) is 20.8 Å². The van der Waals surface area contributed by atoms with Gasteiger partial charge in [0.1, 0.15) is 0 Å². The summed E-state index contributed by atoms with van der Waals surface area (Å²) < 4.78 is 5.89. The summed E-state index contributed by atoms with van der Waals surface area (Å²) in [7, 11) is 1.17.